The number of nitro groups is 1. The lowest BCUT2D eigenvalue weighted by atomic mass is 10.0. The first-order valence-corrected chi connectivity index (χ1v) is 6.66. The van der Waals surface area contributed by atoms with Crippen LogP contribution in [0.3, 0.4) is 0 Å². The molecule has 0 aromatic heterocycles. The zero-order valence-corrected chi connectivity index (χ0v) is 12.2. The summed E-state index contributed by atoms with van der Waals surface area (Å²) in [5, 5.41) is 11.1. The summed E-state index contributed by atoms with van der Waals surface area (Å²) in [6.45, 7) is 5.35. The maximum absolute atomic E-state index is 12.0. The van der Waals surface area contributed by atoms with Crippen LogP contribution in [-0.4, -0.2) is 23.1 Å². The van der Waals surface area contributed by atoms with Crippen LogP contribution in [0.25, 0.3) is 0 Å². The lowest BCUT2D eigenvalue weighted by Gasteiger charge is -2.22. The van der Waals surface area contributed by atoms with Gasteiger partial charge in [-0.2, -0.15) is 0 Å². The van der Waals surface area contributed by atoms with E-state index in [1.54, 1.807) is 45.0 Å². The number of benzene rings is 1. The molecule has 2 atom stereocenters. The fourth-order valence-electron chi connectivity index (χ4n) is 2.45. The number of esters is 1. The second-order valence-electron chi connectivity index (χ2n) is 5.03. The quantitative estimate of drug-likeness (QED) is 0.369. The van der Waals surface area contributed by atoms with Gasteiger partial charge >= 0.3 is 5.97 Å². The molecular formula is C15H17NO5. The van der Waals surface area contributed by atoms with Gasteiger partial charge in [-0.05, 0) is 38.5 Å². The third-order valence-electron chi connectivity index (χ3n) is 3.38. The molecule has 0 radical (unpaired) electrons. The Balaban J connectivity index is 2.35. The van der Waals surface area contributed by atoms with E-state index >= 15 is 0 Å². The molecule has 1 aliphatic rings. The van der Waals surface area contributed by atoms with Crippen molar-refractivity contribution in [2.24, 2.45) is 0 Å². The second-order valence-corrected chi connectivity index (χ2v) is 5.03. The van der Waals surface area contributed by atoms with Crippen LogP contribution in [0.4, 0.5) is 5.69 Å². The molecule has 2 rings (SSSR count). The van der Waals surface area contributed by atoms with Crippen LogP contribution in [0.5, 0.6) is 0 Å². The summed E-state index contributed by atoms with van der Waals surface area (Å²) in [7, 11) is 0. The molecule has 112 valence electrons. The number of rotatable bonds is 4. The highest BCUT2D eigenvalue weighted by Crippen LogP contribution is 2.42. The third-order valence-corrected chi connectivity index (χ3v) is 3.38. The molecule has 0 fully saturated rings. The number of nitro benzene ring substituents is 1. The molecule has 21 heavy (non-hydrogen) atoms. The number of nitrogens with zero attached hydrogens (tertiary/aromatic N) is 1. The lowest BCUT2D eigenvalue weighted by Crippen LogP contribution is -2.36. The van der Waals surface area contributed by atoms with Gasteiger partial charge in [0.1, 0.15) is 6.10 Å². The van der Waals surface area contributed by atoms with Gasteiger partial charge in [-0.15, -0.1) is 0 Å². The molecule has 0 spiro atoms. The Morgan fingerprint density at radius 1 is 1.48 bits per heavy atom. The Labute approximate surface area is 122 Å². The Morgan fingerprint density at radius 3 is 2.76 bits per heavy atom. The van der Waals surface area contributed by atoms with Gasteiger partial charge in [0.05, 0.1) is 17.1 Å². The van der Waals surface area contributed by atoms with Crippen LogP contribution in [0, 0.1) is 10.1 Å². The highest BCUT2D eigenvalue weighted by atomic mass is 16.6. The summed E-state index contributed by atoms with van der Waals surface area (Å²) in [5.41, 5.74) is -0.0541. The predicted octanol–water partition coefficient (Wildman–Crippen LogP) is 2.93. The van der Waals surface area contributed by atoms with Crippen LogP contribution >= 0.6 is 0 Å². The van der Waals surface area contributed by atoms with Crippen molar-refractivity contribution in [1.29, 1.82) is 0 Å². The summed E-state index contributed by atoms with van der Waals surface area (Å²) in [6, 6.07) is 6.36. The van der Waals surface area contributed by atoms with Crippen LogP contribution in [0.1, 0.15) is 32.4 Å². The molecule has 1 aromatic carbocycles. The maximum Gasteiger partial charge on any atom is 0.342 e. The van der Waals surface area contributed by atoms with Gasteiger partial charge in [-0.25, -0.2) is 4.79 Å². The minimum absolute atomic E-state index is 0.0247. The first-order chi connectivity index (χ1) is 9.89. The topological polar surface area (TPSA) is 78.7 Å². The average Bonchev–Trinajstić information content (AvgIpc) is 2.75. The Bertz CT molecular complexity index is 610. The highest BCUT2D eigenvalue weighted by Gasteiger charge is 2.44. The normalized spacial score (nSPS) is 24.5. The van der Waals surface area contributed by atoms with Crippen molar-refractivity contribution < 1.29 is 19.2 Å². The monoisotopic (exact) mass is 291 g/mol. The van der Waals surface area contributed by atoms with Gasteiger partial charge in [0.25, 0.3) is 5.69 Å². The third kappa shape index (κ3) is 2.80. The number of para-hydroxylation sites is 1. The summed E-state index contributed by atoms with van der Waals surface area (Å²) in [5.74, 6) is -0.495. The summed E-state index contributed by atoms with van der Waals surface area (Å²) >= 11 is 0. The van der Waals surface area contributed by atoms with E-state index in [0.29, 0.717) is 5.56 Å². The first kappa shape index (κ1) is 15.2. The smallest absolute Gasteiger partial charge is 0.342 e. The van der Waals surface area contributed by atoms with Crippen molar-refractivity contribution in [2.45, 2.75) is 32.5 Å². The molecule has 0 saturated carbocycles. The molecule has 0 N–H and O–H groups in total. The standard InChI is InChI=1S/C15H17NO5/c1-4-20-14(17)15(3)9-10(2)13(21-15)11-7-5-6-8-12(11)16(18)19/h5-9,13H,4H2,1-3H3. The van der Waals surface area contributed by atoms with E-state index in [4.69, 9.17) is 9.47 Å². The van der Waals surface area contributed by atoms with E-state index < -0.39 is 22.6 Å². The summed E-state index contributed by atoms with van der Waals surface area (Å²) in [6.07, 6.45) is 1.04. The molecule has 6 nitrogen and oxygen atoms in total. The minimum Gasteiger partial charge on any atom is -0.464 e. The molecular weight excluding hydrogens is 274 g/mol. The number of carbonyl (C=O) groups is 1. The SMILES string of the molecule is CCOC(=O)C1(C)C=C(C)C(c2ccccc2[N+](=O)[O-])O1. The van der Waals surface area contributed by atoms with Gasteiger partial charge in [0.2, 0.25) is 0 Å². The molecule has 1 aromatic rings. The summed E-state index contributed by atoms with van der Waals surface area (Å²) < 4.78 is 10.8. The molecule has 0 bridgehead atoms. The van der Waals surface area contributed by atoms with Gasteiger partial charge < -0.3 is 9.47 Å². The second kappa shape index (κ2) is 5.65. The molecule has 0 saturated heterocycles. The van der Waals surface area contributed by atoms with Crippen molar-refractivity contribution in [3.05, 3.63) is 51.6 Å². The van der Waals surface area contributed by atoms with Gasteiger partial charge in [0.15, 0.2) is 5.60 Å². The number of hydrogen-bond acceptors (Lipinski definition) is 5. The van der Waals surface area contributed by atoms with Crippen LogP contribution in [-0.2, 0) is 14.3 Å². The highest BCUT2D eigenvalue weighted by molar-refractivity contribution is 5.82. The van der Waals surface area contributed by atoms with Crippen LogP contribution in [0.2, 0.25) is 0 Å². The van der Waals surface area contributed by atoms with E-state index in [2.05, 4.69) is 0 Å². The first-order valence-electron chi connectivity index (χ1n) is 6.66. The number of ether oxygens (including phenoxy) is 2. The fraction of sp³-hybridized carbons (Fsp3) is 0.400. The molecule has 2 unspecified atom stereocenters. The number of carbonyl (C=O) groups excluding carboxylic acids is 1. The molecule has 0 amide bonds. The predicted molar refractivity (Wildman–Crippen MR) is 75.7 cm³/mol. The Kier molecular flexibility index (Phi) is 4.09. The van der Waals surface area contributed by atoms with Crippen molar-refractivity contribution in [3.63, 3.8) is 0 Å². The van der Waals surface area contributed by atoms with Crippen LogP contribution in [0.15, 0.2) is 35.9 Å². The summed E-state index contributed by atoms with van der Waals surface area (Å²) in [4.78, 5) is 22.7. The molecule has 1 aliphatic heterocycles. The Hall–Kier alpha value is -2.21. The molecule has 0 aliphatic carbocycles. The zero-order valence-electron chi connectivity index (χ0n) is 12.2. The largest absolute Gasteiger partial charge is 0.464 e. The van der Waals surface area contributed by atoms with Gasteiger partial charge in [0, 0.05) is 6.07 Å². The van der Waals surface area contributed by atoms with E-state index in [-0.39, 0.29) is 12.3 Å². The van der Waals surface area contributed by atoms with E-state index in [9.17, 15) is 14.9 Å². The lowest BCUT2D eigenvalue weighted by molar-refractivity contribution is -0.386. The van der Waals surface area contributed by atoms with E-state index in [0.717, 1.165) is 5.57 Å². The fourth-order valence-corrected chi connectivity index (χ4v) is 2.45. The van der Waals surface area contributed by atoms with Gasteiger partial charge in [-0.3, -0.25) is 10.1 Å². The van der Waals surface area contributed by atoms with Crippen molar-refractivity contribution >= 4 is 11.7 Å². The number of hydrogen-bond donors (Lipinski definition) is 0. The van der Waals surface area contributed by atoms with E-state index in [1.165, 1.54) is 6.07 Å². The molecule has 6 heteroatoms. The average molecular weight is 291 g/mol. The minimum atomic E-state index is -1.21. The van der Waals surface area contributed by atoms with Crippen molar-refractivity contribution in [3.8, 4) is 0 Å². The van der Waals surface area contributed by atoms with Crippen molar-refractivity contribution in [2.75, 3.05) is 6.61 Å². The van der Waals surface area contributed by atoms with Crippen molar-refractivity contribution in [1.82, 2.24) is 0 Å². The Morgan fingerprint density at radius 2 is 2.14 bits per heavy atom. The maximum atomic E-state index is 12.0. The van der Waals surface area contributed by atoms with Crippen LogP contribution < -0.4 is 0 Å². The van der Waals surface area contributed by atoms with Gasteiger partial charge in [-0.1, -0.05) is 12.1 Å². The molecule has 1 heterocycles. The zero-order chi connectivity index (χ0) is 15.6. The van der Waals surface area contributed by atoms with E-state index in [1.807, 2.05) is 0 Å².